The number of aliphatic hydroxyl groups is 1. The van der Waals surface area contributed by atoms with Gasteiger partial charge in [-0.2, -0.15) is 0 Å². The summed E-state index contributed by atoms with van der Waals surface area (Å²) in [5.41, 5.74) is 1.94. The molecule has 2 aromatic carbocycles. The molecule has 0 radical (unpaired) electrons. The van der Waals surface area contributed by atoms with E-state index in [1.807, 2.05) is 65.6 Å². The lowest BCUT2D eigenvalue weighted by atomic mass is 10.1. The fourth-order valence-corrected chi connectivity index (χ4v) is 2.26. The van der Waals surface area contributed by atoms with Gasteiger partial charge < -0.3 is 14.7 Å². The van der Waals surface area contributed by atoms with Crippen molar-refractivity contribution in [2.75, 3.05) is 24.7 Å². The SMILES string of the molecule is CCOC(=O)C(CO)CN(c1ccccc1)c1ccccc1. The lowest BCUT2D eigenvalue weighted by molar-refractivity contribution is -0.148. The molecule has 0 amide bonds. The topological polar surface area (TPSA) is 49.8 Å². The van der Waals surface area contributed by atoms with Crippen LogP contribution in [-0.4, -0.2) is 30.8 Å². The van der Waals surface area contributed by atoms with E-state index in [2.05, 4.69) is 0 Å². The van der Waals surface area contributed by atoms with Crippen LogP contribution < -0.4 is 4.90 Å². The zero-order chi connectivity index (χ0) is 15.8. The van der Waals surface area contributed by atoms with E-state index in [-0.39, 0.29) is 12.6 Å². The van der Waals surface area contributed by atoms with Gasteiger partial charge in [-0.15, -0.1) is 0 Å². The lowest BCUT2D eigenvalue weighted by Gasteiger charge is -2.28. The molecule has 116 valence electrons. The third-order valence-corrected chi connectivity index (χ3v) is 3.38. The molecule has 0 heterocycles. The third kappa shape index (κ3) is 4.09. The summed E-state index contributed by atoms with van der Waals surface area (Å²) < 4.78 is 5.04. The summed E-state index contributed by atoms with van der Waals surface area (Å²) in [7, 11) is 0. The largest absolute Gasteiger partial charge is 0.466 e. The highest BCUT2D eigenvalue weighted by Gasteiger charge is 2.23. The number of rotatable bonds is 7. The van der Waals surface area contributed by atoms with Gasteiger partial charge in [0.15, 0.2) is 0 Å². The molecule has 0 fully saturated rings. The Morgan fingerprint density at radius 1 is 1.05 bits per heavy atom. The van der Waals surface area contributed by atoms with Crippen LogP contribution in [0.3, 0.4) is 0 Å². The highest BCUT2D eigenvalue weighted by molar-refractivity contribution is 5.75. The Bertz CT molecular complexity index is 532. The van der Waals surface area contributed by atoms with Crippen molar-refractivity contribution in [1.29, 1.82) is 0 Å². The van der Waals surface area contributed by atoms with Gasteiger partial charge in [0.05, 0.1) is 19.1 Å². The van der Waals surface area contributed by atoms with Crippen LogP contribution in [0.4, 0.5) is 11.4 Å². The second-order valence-electron chi connectivity index (χ2n) is 4.91. The van der Waals surface area contributed by atoms with Crippen molar-refractivity contribution in [3.05, 3.63) is 60.7 Å². The molecule has 1 N–H and O–H groups in total. The summed E-state index contributed by atoms with van der Waals surface area (Å²) in [6, 6.07) is 19.6. The van der Waals surface area contributed by atoms with E-state index >= 15 is 0 Å². The minimum atomic E-state index is -0.583. The van der Waals surface area contributed by atoms with Gasteiger partial charge in [-0.25, -0.2) is 0 Å². The fraction of sp³-hybridized carbons (Fsp3) is 0.278. The second kappa shape index (κ2) is 8.20. The van der Waals surface area contributed by atoms with Gasteiger partial charge in [0, 0.05) is 17.9 Å². The molecule has 0 aromatic heterocycles. The van der Waals surface area contributed by atoms with Gasteiger partial charge in [0.2, 0.25) is 0 Å². The van der Waals surface area contributed by atoms with Gasteiger partial charge in [-0.05, 0) is 31.2 Å². The van der Waals surface area contributed by atoms with Gasteiger partial charge in [-0.3, -0.25) is 4.79 Å². The van der Waals surface area contributed by atoms with E-state index in [1.165, 1.54) is 0 Å². The van der Waals surface area contributed by atoms with Crippen LogP contribution in [0.5, 0.6) is 0 Å². The number of ether oxygens (including phenoxy) is 1. The molecule has 4 nitrogen and oxygen atoms in total. The number of anilines is 2. The molecule has 0 aliphatic heterocycles. The van der Waals surface area contributed by atoms with Crippen LogP contribution in [0.25, 0.3) is 0 Å². The molecule has 0 saturated carbocycles. The Kier molecular flexibility index (Phi) is 5.98. The molecule has 0 bridgehead atoms. The number of hydrogen-bond acceptors (Lipinski definition) is 4. The van der Waals surface area contributed by atoms with Crippen molar-refractivity contribution in [1.82, 2.24) is 0 Å². The lowest BCUT2D eigenvalue weighted by Crippen LogP contribution is -2.33. The first-order valence-corrected chi connectivity index (χ1v) is 7.41. The summed E-state index contributed by atoms with van der Waals surface area (Å²) in [5, 5.41) is 9.54. The maximum atomic E-state index is 12.0. The van der Waals surface area contributed by atoms with Crippen LogP contribution in [0.15, 0.2) is 60.7 Å². The molecule has 4 heteroatoms. The number of para-hydroxylation sites is 2. The van der Waals surface area contributed by atoms with Gasteiger partial charge in [0.25, 0.3) is 0 Å². The number of carbonyl (C=O) groups is 1. The van der Waals surface area contributed by atoms with E-state index < -0.39 is 5.92 Å². The highest BCUT2D eigenvalue weighted by Crippen LogP contribution is 2.26. The summed E-state index contributed by atoms with van der Waals surface area (Å²) in [5.74, 6) is -0.956. The first-order chi connectivity index (χ1) is 10.8. The zero-order valence-electron chi connectivity index (χ0n) is 12.7. The van der Waals surface area contributed by atoms with E-state index in [4.69, 9.17) is 4.74 Å². The van der Waals surface area contributed by atoms with E-state index in [0.29, 0.717) is 13.2 Å². The predicted octanol–water partition coefficient (Wildman–Crippen LogP) is 3.00. The Morgan fingerprint density at radius 3 is 1.95 bits per heavy atom. The van der Waals surface area contributed by atoms with Gasteiger partial charge in [-0.1, -0.05) is 36.4 Å². The molecule has 0 saturated heterocycles. The first-order valence-electron chi connectivity index (χ1n) is 7.41. The second-order valence-corrected chi connectivity index (χ2v) is 4.91. The van der Waals surface area contributed by atoms with Gasteiger partial charge >= 0.3 is 5.97 Å². The summed E-state index contributed by atoms with van der Waals surface area (Å²) in [6.45, 7) is 2.20. The number of aliphatic hydroxyl groups excluding tert-OH is 1. The number of hydrogen-bond donors (Lipinski definition) is 1. The quantitative estimate of drug-likeness (QED) is 0.799. The van der Waals surface area contributed by atoms with Crippen LogP contribution in [0.2, 0.25) is 0 Å². The minimum absolute atomic E-state index is 0.241. The monoisotopic (exact) mass is 299 g/mol. The smallest absolute Gasteiger partial charge is 0.313 e. The number of carbonyl (C=O) groups excluding carboxylic acids is 1. The molecular weight excluding hydrogens is 278 g/mol. The first kappa shape index (κ1) is 16.0. The average molecular weight is 299 g/mol. The van der Waals surface area contributed by atoms with Crippen molar-refractivity contribution < 1.29 is 14.6 Å². The number of benzene rings is 2. The standard InChI is InChI=1S/C18H21NO3/c1-2-22-18(21)15(14-20)13-19(16-9-5-3-6-10-16)17-11-7-4-8-12-17/h3-12,15,20H,2,13-14H2,1H3. The van der Waals surface area contributed by atoms with Crippen molar-refractivity contribution in [3.8, 4) is 0 Å². The fourth-order valence-electron chi connectivity index (χ4n) is 2.26. The van der Waals surface area contributed by atoms with Crippen molar-refractivity contribution in [2.24, 2.45) is 5.92 Å². The molecule has 0 aliphatic carbocycles. The van der Waals surface area contributed by atoms with Gasteiger partial charge in [0.1, 0.15) is 0 Å². The normalized spacial score (nSPS) is 11.7. The molecule has 1 atom stereocenters. The Labute approximate surface area is 131 Å². The van der Waals surface area contributed by atoms with Crippen LogP contribution in [-0.2, 0) is 9.53 Å². The molecule has 22 heavy (non-hydrogen) atoms. The maximum Gasteiger partial charge on any atom is 0.313 e. The van der Waals surface area contributed by atoms with Crippen molar-refractivity contribution >= 4 is 17.3 Å². The third-order valence-electron chi connectivity index (χ3n) is 3.38. The van der Waals surface area contributed by atoms with Crippen molar-refractivity contribution in [2.45, 2.75) is 6.92 Å². The molecule has 2 aromatic rings. The van der Waals surface area contributed by atoms with E-state index in [1.54, 1.807) is 6.92 Å². The highest BCUT2D eigenvalue weighted by atomic mass is 16.5. The summed E-state index contributed by atoms with van der Waals surface area (Å²) in [4.78, 5) is 14.0. The predicted molar refractivity (Wildman–Crippen MR) is 87.1 cm³/mol. The molecule has 0 aliphatic rings. The summed E-state index contributed by atoms with van der Waals surface area (Å²) in [6.07, 6.45) is 0. The molecule has 1 unspecified atom stereocenters. The molecular formula is C18H21NO3. The number of esters is 1. The number of nitrogens with zero attached hydrogens (tertiary/aromatic N) is 1. The van der Waals surface area contributed by atoms with Crippen LogP contribution in [0, 0.1) is 5.92 Å². The Hall–Kier alpha value is -2.33. The van der Waals surface area contributed by atoms with Crippen LogP contribution in [0.1, 0.15) is 6.92 Å². The molecule has 0 spiro atoms. The average Bonchev–Trinajstić information content (AvgIpc) is 2.57. The Morgan fingerprint density at radius 2 is 1.55 bits per heavy atom. The van der Waals surface area contributed by atoms with Crippen molar-refractivity contribution in [3.63, 3.8) is 0 Å². The van der Waals surface area contributed by atoms with E-state index in [9.17, 15) is 9.90 Å². The van der Waals surface area contributed by atoms with Crippen LogP contribution >= 0.6 is 0 Å². The Balaban J connectivity index is 2.27. The maximum absolute atomic E-state index is 12.0. The summed E-state index contributed by atoms with van der Waals surface area (Å²) >= 11 is 0. The zero-order valence-corrected chi connectivity index (χ0v) is 12.7. The van der Waals surface area contributed by atoms with E-state index in [0.717, 1.165) is 11.4 Å². The molecule has 2 rings (SSSR count). The minimum Gasteiger partial charge on any atom is -0.466 e.